The van der Waals surface area contributed by atoms with E-state index < -0.39 is 0 Å². The standard InChI is InChI=1S/C14H22BrN/c1-6-8-12(5)16-14(11(3)4)10-9-13(15)7-2/h6,8-9H,7,10H2,1-5H3/b8-6+,13-9-,16-12?. The lowest BCUT2D eigenvalue weighted by atomic mass is 10.2. The number of hydrogen-bond donors (Lipinski definition) is 0. The van der Waals surface area contributed by atoms with Gasteiger partial charge in [-0.15, -0.1) is 0 Å². The topological polar surface area (TPSA) is 12.4 Å². The molecule has 0 atom stereocenters. The molecule has 0 amide bonds. The lowest BCUT2D eigenvalue weighted by molar-refractivity contribution is 1.08. The molecule has 0 aromatic carbocycles. The van der Waals surface area contributed by atoms with Crippen LogP contribution in [0.5, 0.6) is 0 Å². The summed E-state index contributed by atoms with van der Waals surface area (Å²) < 4.78 is 1.24. The molecule has 2 heteroatoms. The van der Waals surface area contributed by atoms with Crippen molar-refractivity contribution in [2.75, 3.05) is 0 Å². The molecule has 0 aliphatic carbocycles. The zero-order chi connectivity index (χ0) is 12.6. The molecule has 0 radical (unpaired) electrons. The highest BCUT2D eigenvalue weighted by molar-refractivity contribution is 9.11. The molecule has 1 nitrogen and oxygen atoms in total. The van der Waals surface area contributed by atoms with Crippen LogP contribution in [0.4, 0.5) is 0 Å². The predicted octanol–water partition coefficient (Wildman–Crippen LogP) is 5.40. The third-order valence-corrected chi connectivity index (χ3v) is 3.04. The third kappa shape index (κ3) is 6.78. The quantitative estimate of drug-likeness (QED) is 0.600. The number of rotatable bonds is 5. The maximum atomic E-state index is 4.62. The Balaban J connectivity index is 4.81. The lowest BCUT2D eigenvalue weighted by Crippen LogP contribution is -1.89. The van der Waals surface area contributed by atoms with Gasteiger partial charge in [-0.05, 0) is 44.7 Å². The van der Waals surface area contributed by atoms with Crippen LogP contribution in [-0.2, 0) is 0 Å². The molecule has 90 valence electrons. The van der Waals surface area contributed by atoms with E-state index in [1.165, 1.54) is 10.1 Å². The van der Waals surface area contributed by atoms with Crippen LogP contribution in [0.15, 0.2) is 39.0 Å². The van der Waals surface area contributed by atoms with Crippen molar-refractivity contribution in [3.63, 3.8) is 0 Å². The summed E-state index contributed by atoms with van der Waals surface area (Å²) in [6.45, 7) is 10.4. The molecule has 0 N–H and O–H groups in total. The molecule has 0 heterocycles. The van der Waals surface area contributed by atoms with Crippen LogP contribution in [-0.4, -0.2) is 5.71 Å². The lowest BCUT2D eigenvalue weighted by Gasteiger charge is -2.03. The van der Waals surface area contributed by atoms with E-state index >= 15 is 0 Å². The van der Waals surface area contributed by atoms with Crippen molar-refractivity contribution in [3.05, 3.63) is 34.0 Å². The minimum Gasteiger partial charge on any atom is -0.258 e. The number of allylic oxidation sites excluding steroid dienone is 5. The smallest absolute Gasteiger partial charge is 0.0431 e. The number of halogens is 1. The van der Waals surface area contributed by atoms with E-state index in [9.17, 15) is 0 Å². The van der Waals surface area contributed by atoms with Crippen LogP contribution in [0, 0.1) is 0 Å². The van der Waals surface area contributed by atoms with Gasteiger partial charge in [0.15, 0.2) is 0 Å². The van der Waals surface area contributed by atoms with E-state index in [1.54, 1.807) is 0 Å². The number of nitrogens with zero attached hydrogens (tertiary/aromatic N) is 1. The Morgan fingerprint density at radius 2 is 1.88 bits per heavy atom. The Morgan fingerprint density at radius 1 is 1.25 bits per heavy atom. The fourth-order valence-electron chi connectivity index (χ4n) is 1.20. The van der Waals surface area contributed by atoms with Gasteiger partial charge in [0.1, 0.15) is 0 Å². The summed E-state index contributed by atoms with van der Waals surface area (Å²) in [6.07, 6.45) is 8.16. The largest absolute Gasteiger partial charge is 0.258 e. The highest BCUT2D eigenvalue weighted by atomic mass is 79.9. The Kier molecular flexibility index (Phi) is 8.18. The van der Waals surface area contributed by atoms with E-state index in [2.05, 4.69) is 47.8 Å². The second-order valence-electron chi connectivity index (χ2n) is 3.91. The van der Waals surface area contributed by atoms with Gasteiger partial charge in [0.05, 0.1) is 0 Å². The average molecular weight is 284 g/mol. The van der Waals surface area contributed by atoms with Crippen molar-refractivity contribution >= 4 is 21.6 Å². The number of aliphatic imine (C=N–C) groups is 1. The zero-order valence-corrected chi connectivity index (χ0v) is 12.6. The van der Waals surface area contributed by atoms with Crippen LogP contribution < -0.4 is 0 Å². The van der Waals surface area contributed by atoms with Crippen molar-refractivity contribution < 1.29 is 0 Å². The van der Waals surface area contributed by atoms with Crippen molar-refractivity contribution in [2.24, 2.45) is 4.99 Å². The number of hydrogen-bond acceptors (Lipinski definition) is 1. The molecular weight excluding hydrogens is 262 g/mol. The average Bonchev–Trinajstić information content (AvgIpc) is 2.23. The van der Waals surface area contributed by atoms with E-state index in [-0.39, 0.29) is 0 Å². The molecule has 0 saturated carbocycles. The summed E-state index contributed by atoms with van der Waals surface area (Å²) in [5.74, 6) is 0. The van der Waals surface area contributed by atoms with Crippen molar-refractivity contribution in [3.8, 4) is 0 Å². The summed E-state index contributed by atoms with van der Waals surface area (Å²) in [5.41, 5.74) is 3.48. The third-order valence-electron chi connectivity index (χ3n) is 2.15. The van der Waals surface area contributed by atoms with Gasteiger partial charge in [0, 0.05) is 17.8 Å². The first-order valence-electron chi connectivity index (χ1n) is 5.70. The fourth-order valence-corrected chi connectivity index (χ4v) is 1.37. The van der Waals surface area contributed by atoms with Gasteiger partial charge in [-0.1, -0.05) is 40.6 Å². The minimum absolute atomic E-state index is 0.894. The van der Waals surface area contributed by atoms with Gasteiger partial charge in [0.25, 0.3) is 0 Å². The Hall–Kier alpha value is -0.630. The fraction of sp³-hybridized carbons (Fsp3) is 0.500. The molecule has 0 aromatic heterocycles. The summed E-state index contributed by atoms with van der Waals surface area (Å²) in [7, 11) is 0. The normalized spacial score (nSPS) is 13.4. The highest BCUT2D eigenvalue weighted by Gasteiger charge is 1.97. The molecule has 0 spiro atoms. The SMILES string of the molecule is C/C=C/C(C)=NC(C/C=C(\Br)CC)=C(C)C. The summed E-state index contributed by atoms with van der Waals surface area (Å²) in [5, 5.41) is 0. The van der Waals surface area contributed by atoms with Crippen molar-refractivity contribution in [2.45, 2.75) is 47.5 Å². The molecule has 0 aliphatic rings. The molecule has 0 rings (SSSR count). The van der Waals surface area contributed by atoms with Crippen molar-refractivity contribution in [1.82, 2.24) is 0 Å². The van der Waals surface area contributed by atoms with E-state index in [1.807, 2.05) is 26.0 Å². The first-order chi connectivity index (χ1) is 7.51. The molecule has 0 aromatic rings. The predicted molar refractivity (Wildman–Crippen MR) is 78.2 cm³/mol. The molecular formula is C14H22BrN. The minimum atomic E-state index is 0.894. The highest BCUT2D eigenvalue weighted by Crippen LogP contribution is 2.17. The van der Waals surface area contributed by atoms with Crippen LogP contribution in [0.3, 0.4) is 0 Å². The summed E-state index contributed by atoms with van der Waals surface area (Å²) in [6, 6.07) is 0. The van der Waals surface area contributed by atoms with Gasteiger partial charge in [-0.2, -0.15) is 0 Å². The van der Waals surface area contributed by atoms with E-state index in [4.69, 9.17) is 0 Å². The first kappa shape index (κ1) is 15.4. The van der Waals surface area contributed by atoms with Gasteiger partial charge in [-0.3, -0.25) is 4.99 Å². The van der Waals surface area contributed by atoms with E-state index in [0.717, 1.165) is 24.3 Å². The van der Waals surface area contributed by atoms with Gasteiger partial charge < -0.3 is 0 Å². The van der Waals surface area contributed by atoms with Crippen LogP contribution in [0.25, 0.3) is 0 Å². The molecule has 0 saturated heterocycles. The maximum Gasteiger partial charge on any atom is 0.0431 e. The summed E-state index contributed by atoms with van der Waals surface area (Å²) >= 11 is 3.53. The first-order valence-corrected chi connectivity index (χ1v) is 6.49. The van der Waals surface area contributed by atoms with Gasteiger partial charge in [0.2, 0.25) is 0 Å². The Morgan fingerprint density at radius 3 is 2.31 bits per heavy atom. The Bertz CT molecular complexity index is 329. The zero-order valence-electron chi connectivity index (χ0n) is 11.0. The molecule has 16 heavy (non-hydrogen) atoms. The maximum absolute atomic E-state index is 4.62. The second kappa shape index (κ2) is 8.51. The second-order valence-corrected chi connectivity index (χ2v) is 4.93. The molecule has 0 unspecified atom stereocenters. The van der Waals surface area contributed by atoms with Crippen LogP contribution in [0.2, 0.25) is 0 Å². The van der Waals surface area contributed by atoms with Crippen molar-refractivity contribution in [1.29, 1.82) is 0 Å². The molecule has 0 bridgehead atoms. The molecule has 0 fully saturated rings. The molecule has 0 aliphatic heterocycles. The monoisotopic (exact) mass is 283 g/mol. The van der Waals surface area contributed by atoms with Gasteiger partial charge in [-0.25, -0.2) is 0 Å². The summed E-state index contributed by atoms with van der Waals surface area (Å²) in [4.78, 5) is 4.62. The van der Waals surface area contributed by atoms with Crippen LogP contribution in [0.1, 0.15) is 47.5 Å². The van der Waals surface area contributed by atoms with Gasteiger partial charge >= 0.3 is 0 Å². The van der Waals surface area contributed by atoms with Crippen LogP contribution >= 0.6 is 15.9 Å². The Labute approximate surface area is 108 Å². The van der Waals surface area contributed by atoms with E-state index in [0.29, 0.717) is 0 Å².